The van der Waals surface area contributed by atoms with Gasteiger partial charge in [0.15, 0.2) is 0 Å². The normalized spacial score (nSPS) is 11.0. The van der Waals surface area contributed by atoms with Gasteiger partial charge in [-0.2, -0.15) is 5.26 Å². The minimum Gasteiger partial charge on any atom is -0.480 e. The molecular weight excluding hydrogens is 344 g/mol. The number of amides is 3. The highest BCUT2D eigenvalue weighted by Gasteiger charge is 2.22. The van der Waals surface area contributed by atoms with E-state index in [1.54, 1.807) is 6.07 Å². The Morgan fingerprint density at radius 1 is 1.43 bits per heavy atom. The number of benzene rings is 1. The minimum atomic E-state index is -1.44. The number of urea groups is 1. The molecule has 110 valence electrons. The van der Waals surface area contributed by atoms with Crippen LogP contribution in [0.2, 0.25) is 0 Å². The van der Waals surface area contributed by atoms with Crippen LogP contribution in [0.5, 0.6) is 0 Å². The fraction of sp³-hybridized carbons (Fsp3) is 0.167. The number of aliphatic carboxylic acids is 1. The number of nitrogens with zero attached hydrogens (tertiary/aromatic N) is 1. The van der Waals surface area contributed by atoms with Gasteiger partial charge < -0.3 is 21.5 Å². The Morgan fingerprint density at radius 3 is 2.62 bits per heavy atom. The zero-order valence-corrected chi connectivity index (χ0v) is 12.2. The molecule has 0 radical (unpaired) electrons. The summed E-state index contributed by atoms with van der Waals surface area (Å²) in [5, 5.41) is 22.2. The van der Waals surface area contributed by atoms with Gasteiger partial charge in [0.1, 0.15) is 12.1 Å². The van der Waals surface area contributed by atoms with Crippen molar-refractivity contribution >= 4 is 39.5 Å². The molecule has 0 spiro atoms. The summed E-state index contributed by atoms with van der Waals surface area (Å²) in [5.74, 6) is -2.25. The molecule has 0 saturated carbocycles. The quantitative estimate of drug-likeness (QED) is 0.616. The zero-order chi connectivity index (χ0) is 16.0. The summed E-state index contributed by atoms with van der Waals surface area (Å²) in [7, 11) is 0. The summed E-state index contributed by atoms with van der Waals surface area (Å²) >= 11 is 3.18. The summed E-state index contributed by atoms with van der Waals surface area (Å²) in [6, 6.07) is 4.16. The number of hydrogen-bond acceptors (Lipinski definition) is 4. The number of nitriles is 1. The Kier molecular flexibility index (Phi) is 5.68. The van der Waals surface area contributed by atoms with Crippen molar-refractivity contribution in [2.45, 2.75) is 12.5 Å². The third-order valence-electron chi connectivity index (χ3n) is 2.36. The van der Waals surface area contributed by atoms with E-state index >= 15 is 0 Å². The number of carboxylic acid groups (broad SMARTS) is 1. The van der Waals surface area contributed by atoms with E-state index in [9.17, 15) is 14.4 Å². The first-order chi connectivity index (χ1) is 9.83. The fourth-order valence-electron chi connectivity index (χ4n) is 1.44. The topological polar surface area (TPSA) is 145 Å². The maximum absolute atomic E-state index is 11.7. The smallest absolute Gasteiger partial charge is 0.326 e. The average molecular weight is 355 g/mol. The van der Waals surface area contributed by atoms with Crippen molar-refractivity contribution < 1.29 is 19.5 Å². The van der Waals surface area contributed by atoms with Gasteiger partial charge in [-0.05, 0) is 18.2 Å². The van der Waals surface area contributed by atoms with E-state index in [2.05, 4.69) is 26.6 Å². The molecule has 8 nitrogen and oxygen atoms in total. The molecular formula is C12H11BrN4O4. The van der Waals surface area contributed by atoms with Crippen LogP contribution in [0.3, 0.4) is 0 Å². The SMILES string of the molecule is N#Cc1cc(Br)ccc1NC(=O)N[C@H](CC(N)=O)C(=O)O. The lowest BCUT2D eigenvalue weighted by atomic mass is 10.2. The van der Waals surface area contributed by atoms with E-state index in [-0.39, 0.29) is 11.3 Å². The van der Waals surface area contributed by atoms with E-state index in [0.29, 0.717) is 4.47 Å². The van der Waals surface area contributed by atoms with E-state index in [4.69, 9.17) is 16.1 Å². The molecule has 0 aromatic heterocycles. The van der Waals surface area contributed by atoms with Crippen molar-refractivity contribution in [1.82, 2.24) is 5.32 Å². The molecule has 0 unspecified atom stereocenters. The number of nitrogens with one attached hydrogen (secondary N) is 2. The standard InChI is InChI=1S/C12H11BrN4O4/c13-7-1-2-8(6(3-7)5-14)16-12(21)17-9(11(19)20)4-10(15)18/h1-3,9H,4H2,(H2,15,18)(H,19,20)(H2,16,17,21)/t9-/m1/s1. The summed E-state index contributed by atoms with van der Waals surface area (Å²) in [5.41, 5.74) is 5.30. The predicted octanol–water partition coefficient (Wildman–Crippen LogP) is 0.771. The van der Waals surface area contributed by atoms with Gasteiger partial charge in [-0.1, -0.05) is 15.9 Å². The number of nitrogens with two attached hydrogens (primary N) is 1. The molecule has 0 aliphatic rings. The lowest BCUT2D eigenvalue weighted by Crippen LogP contribution is -2.45. The second-order valence-electron chi connectivity index (χ2n) is 3.96. The van der Waals surface area contributed by atoms with E-state index < -0.39 is 30.4 Å². The van der Waals surface area contributed by atoms with Crippen LogP contribution >= 0.6 is 15.9 Å². The Hall–Kier alpha value is -2.60. The molecule has 5 N–H and O–H groups in total. The van der Waals surface area contributed by atoms with Crippen LogP contribution in [0, 0.1) is 11.3 Å². The van der Waals surface area contributed by atoms with Crippen LogP contribution in [0.15, 0.2) is 22.7 Å². The number of anilines is 1. The summed E-state index contributed by atoms with van der Waals surface area (Å²) in [6.45, 7) is 0. The van der Waals surface area contributed by atoms with Crippen LogP contribution in [-0.2, 0) is 9.59 Å². The first-order valence-electron chi connectivity index (χ1n) is 5.61. The van der Waals surface area contributed by atoms with Crippen LogP contribution < -0.4 is 16.4 Å². The van der Waals surface area contributed by atoms with Gasteiger partial charge in [-0.15, -0.1) is 0 Å². The van der Waals surface area contributed by atoms with Crippen molar-refractivity contribution in [3.63, 3.8) is 0 Å². The number of primary amides is 1. The highest BCUT2D eigenvalue weighted by Crippen LogP contribution is 2.20. The highest BCUT2D eigenvalue weighted by atomic mass is 79.9. The molecule has 1 aromatic carbocycles. The maximum atomic E-state index is 11.7. The fourth-order valence-corrected chi connectivity index (χ4v) is 1.80. The third kappa shape index (κ3) is 5.12. The molecule has 0 heterocycles. The lowest BCUT2D eigenvalue weighted by Gasteiger charge is -2.14. The number of rotatable bonds is 5. The van der Waals surface area contributed by atoms with Crippen molar-refractivity contribution in [2.75, 3.05) is 5.32 Å². The second kappa shape index (κ2) is 7.25. The average Bonchev–Trinajstić information content (AvgIpc) is 2.39. The Balaban J connectivity index is 2.79. The van der Waals surface area contributed by atoms with Crippen molar-refractivity contribution in [1.29, 1.82) is 5.26 Å². The number of hydrogen-bond donors (Lipinski definition) is 4. The predicted molar refractivity (Wildman–Crippen MR) is 76.2 cm³/mol. The van der Waals surface area contributed by atoms with Gasteiger partial charge in [0.25, 0.3) is 0 Å². The lowest BCUT2D eigenvalue weighted by molar-refractivity contribution is -0.140. The molecule has 9 heteroatoms. The third-order valence-corrected chi connectivity index (χ3v) is 2.85. The number of carbonyl (C=O) groups is 3. The molecule has 0 aliphatic heterocycles. The Bertz CT molecular complexity index is 626. The minimum absolute atomic E-state index is 0.196. The zero-order valence-electron chi connectivity index (χ0n) is 10.6. The molecule has 0 fully saturated rings. The van der Waals surface area contributed by atoms with Gasteiger partial charge in [0.2, 0.25) is 5.91 Å². The van der Waals surface area contributed by atoms with Crippen molar-refractivity contribution in [3.05, 3.63) is 28.2 Å². The summed E-state index contributed by atoms with van der Waals surface area (Å²) in [4.78, 5) is 33.3. The summed E-state index contributed by atoms with van der Waals surface area (Å²) in [6.07, 6.45) is -0.534. The van der Waals surface area contributed by atoms with E-state index in [1.165, 1.54) is 12.1 Å². The van der Waals surface area contributed by atoms with Crippen molar-refractivity contribution in [2.24, 2.45) is 5.73 Å². The molecule has 0 saturated heterocycles. The van der Waals surface area contributed by atoms with Gasteiger partial charge >= 0.3 is 12.0 Å². The molecule has 1 aromatic rings. The Morgan fingerprint density at radius 2 is 2.10 bits per heavy atom. The van der Waals surface area contributed by atoms with Crippen molar-refractivity contribution in [3.8, 4) is 6.07 Å². The molecule has 1 atom stereocenters. The van der Waals surface area contributed by atoms with Gasteiger partial charge in [0.05, 0.1) is 17.7 Å². The number of carbonyl (C=O) groups excluding carboxylic acids is 2. The molecule has 3 amide bonds. The van der Waals surface area contributed by atoms with Gasteiger partial charge in [-0.3, -0.25) is 4.79 Å². The Labute approximate surface area is 128 Å². The van der Waals surface area contributed by atoms with Crippen LogP contribution in [0.25, 0.3) is 0 Å². The van der Waals surface area contributed by atoms with E-state index in [0.717, 1.165) is 0 Å². The first-order valence-corrected chi connectivity index (χ1v) is 6.41. The molecule has 0 aliphatic carbocycles. The summed E-state index contributed by atoms with van der Waals surface area (Å²) < 4.78 is 0.655. The number of carboxylic acids is 1. The maximum Gasteiger partial charge on any atom is 0.326 e. The van der Waals surface area contributed by atoms with Crippen LogP contribution in [-0.4, -0.2) is 29.1 Å². The highest BCUT2D eigenvalue weighted by molar-refractivity contribution is 9.10. The number of halogens is 1. The molecule has 0 bridgehead atoms. The second-order valence-corrected chi connectivity index (χ2v) is 4.88. The largest absolute Gasteiger partial charge is 0.480 e. The van der Waals surface area contributed by atoms with E-state index in [1.807, 2.05) is 6.07 Å². The molecule has 21 heavy (non-hydrogen) atoms. The first kappa shape index (κ1) is 16.5. The monoisotopic (exact) mass is 354 g/mol. The van der Waals surface area contributed by atoms with Gasteiger partial charge in [0, 0.05) is 4.47 Å². The van der Waals surface area contributed by atoms with Crippen LogP contribution in [0.4, 0.5) is 10.5 Å². The van der Waals surface area contributed by atoms with Crippen LogP contribution in [0.1, 0.15) is 12.0 Å². The van der Waals surface area contributed by atoms with Gasteiger partial charge in [-0.25, -0.2) is 9.59 Å². The molecule has 1 rings (SSSR count).